The fraction of sp³-hybridized carbons (Fsp3) is 0.385. The molecule has 1 heterocycles. The van der Waals surface area contributed by atoms with Gasteiger partial charge in [0.05, 0.1) is 37.0 Å². The number of methoxy groups -OCH3 is 1. The molecule has 3 rings (SSSR count). The van der Waals surface area contributed by atoms with E-state index in [0.29, 0.717) is 23.8 Å². The van der Waals surface area contributed by atoms with Gasteiger partial charge in [0, 0.05) is 6.54 Å². The van der Waals surface area contributed by atoms with Gasteiger partial charge in [-0.3, -0.25) is 9.59 Å². The predicted molar refractivity (Wildman–Crippen MR) is 124 cm³/mol. The van der Waals surface area contributed by atoms with Crippen LogP contribution in [0.2, 0.25) is 0 Å². The van der Waals surface area contributed by atoms with E-state index >= 15 is 0 Å². The summed E-state index contributed by atoms with van der Waals surface area (Å²) >= 11 is 0. The molecule has 1 atom stereocenters. The summed E-state index contributed by atoms with van der Waals surface area (Å²) in [5.74, 6) is -0.828. The van der Waals surface area contributed by atoms with Crippen LogP contribution in [0.5, 0.6) is 5.75 Å². The van der Waals surface area contributed by atoms with Gasteiger partial charge in [-0.25, -0.2) is 0 Å². The van der Waals surface area contributed by atoms with Crippen molar-refractivity contribution < 1.29 is 24.2 Å². The van der Waals surface area contributed by atoms with E-state index < -0.39 is 17.7 Å². The molecule has 1 N–H and O–H groups in total. The number of para-hydroxylation sites is 1. The zero-order valence-corrected chi connectivity index (χ0v) is 19.3. The SMILES string of the molecule is COc1ccccc1/C(O)=C1/C(=O)C(=O)N(CCOC(C)C)C1c1ccc(C(C)C)cc1. The van der Waals surface area contributed by atoms with E-state index in [0.717, 1.165) is 11.1 Å². The van der Waals surface area contributed by atoms with Gasteiger partial charge in [0.1, 0.15) is 11.5 Å². The third-order valence-electron chi connectivity index (χ3n) is 5.60. The first-order valence-corrected chi connectivity index (χ1v) is 10.9. The highest BCUT2D eigenvalue weighted by Gasteiger charge is 2.46. The molecule has 32 heavy (non-hydrogen) atoms. The van der Waals surface area contributed by atoms with Crippen LogP contribution in [0, 0.1) is 0 Å². The maximum Gasteiger partial charge on any atom is 0.295 e. The van der Waals surface area contributed by atoms with E-state index in [1.54, 1.807) is 24.3 Å². The molecule has 1 unspecified atom stereocenters. The van der Waals surface area contributed by atoms with Crippen molar-refractivity contribution in [2.45, 2.75) is 45.8 Å². The lowest BCUT2D eigenvalue weighted by Crippen LogP contribution is -2.33. The molecule has 1 amide bonds. The molecule has 1 saturated heterocycles. The molecule has 2 aromatic rings. The summed E-state index contributed by atoms with van der Waals surface area (Å²) in [6.45, 7) is 8.57. The largest absolute Gasteiger partial charge is 0.507 e. The summed E-state index contributed by atoms with van der Waals surface area (Å²) in [7, 11) is 1.50. The zero-order valence-electron chi connectivity index (χ0n) is 19.3. The molecule has 1 fully saturated rings. The highest BCUT2D eigenvalue weighted by molar-refractivity contribution is 6.46. The average Bonchev–Trinajstić information content (AvgIpc) is 3.03. The first-order chi connectivity index (χ1) is 15.3. The average molecular weight is 438 g/mol. The third-order valence-corrected chi connectivity index (χ3v) is 5.60. The van der Waals surface area contributed by atoms with Gasteiger partial charge in [0.15, 0.2) is 0 Å². The van der Waals surface area contributed by atoms with Gasteiger partial charge in [-0.2, -0.15) is 0 Å². The standard InChI is InChI=1S/C26H31NO5/c1-16(2)18-10-12-19(13-11-18)23-22(24(28)20-8-6-7-9-21(20)31-5)25(29)26(30)27(23)14-15-32-17(3)4/h6-13,16-17,23,28H,14-15H2,1-5H3/b24-22-. The van der Waals surface area contributed by atoms with E-state index in [4.69, 9.17) is 9.47 Å². The Morgan fingerprint density at radius 1 is 1.03 bits per heavy atom. The quantitative estimate of drug-likeness (QED) is 0.369. The van der Waals surface area contributed by atoms with Gasteiger partial charge in [-0.1, -0.05) is 50.2 Å². The Kier molecular flexibility index (Phi) is 7.36. The monoisotopic (exact) mass is 437 g/mol. The van der Waals surface area contributed by atoms with Crippen molar-refractivity contribution in [3.8, 4) is 5.75 Å². The van der Waals surface area contributed by atoms with E-state index in [1.807, 2.05) is 38.1 Å². The molecule has 1 aliphatic heterocycles. The summed E-state index contributed by atoms with van der Waals surface area (Å²) < 4.78 is 11.0. The van der Waals surface area contributed by atoms with Crippen LogP contribution < -0.4 is 4.74 Å². The van der Waals surface area contributed by atoms with Gasteiger partial charge in [-0.05, 0) is 43.0 Å². The number of hydrogen-bond donors (Lipinski definition) is 1. The number of likely N-dealkylation sites (tertiary alicyclic amines) is 1. The van der Waals surface area contributed by atoms with Gasteiger partial charge in [0.25, 0.3) is 11.7 Å². The Hall–Kier alpha value is -3.12. The van der Waals surface area contributed by atoms with Crippen molar-refractivity contribution in [2.24, 2.45) is 0 Å². The minimum atomic E-state index is -0.712. The zero-order chi connectivity index (χ0) is 23.4. The van der Waals surface area contributed by atoms with Crippen LogP contribution in [0.1, 0.15) is 56.3 Å². The number of nitrogens with zero attached hydrogens (tertiary/aromatic N) is 1. The molecule has 2 aromatic carbocycles. The highest BCUT2D eigenvalue weighted by atomic mass is 16.5. The normalized spacial score (nSPS) is 18.1. The summed E-state index contributed by atoms with van der Waals surface area (Å²) in [4.78, 5) is 27.6. The molecule has 0 aliphatic carbocycles. The number of amides is 1. The van der Waals surface area contributed by atoms with Gasteiger partial charge in [-0.15, -0.1) is 0 Å². The Labute approximate surface area is 189 Å². The van der Waals surface area contributed by atoms with Crippen molar-refractivity contribution >= 4 is 17.4 Å². The molecular weight excluding hydrogens is 406 g/mol. The molecule has 1 aliphatic rings. The molecule has 6 nitrogen and oxygen atoms in total. The van der Waals surface area contributed by atoms with E-state index in [1.165, 1.54) is 12.0 Å². The molecule has 6 heteroatoms. The van der Waals surface area contributed by atoms with Crippen LogP contribution in [0.15, 0.2) is 54.1 Å². The number of ether oxygens (including phenoxy) is 2. The maximum absolute atomic E-state index is 13.1. The van der Waals surface area contributed by atoms with Crippen LogP contribution >= 0.6 is 0 Å². The second-order valence-corrected chi connectivity index (χ2v) is 8.43. The lowest BCUT2D eigenvalue weighted by atomic mass is 9.93. The van der Waals surface area contributed by atoms with Gasteiger partial charge in [0.2, 0.25) is 0 Å². The third kappa shape index (κ3) is 4.70. The number of carbonyl (C=O) groups is 2. The lowest BCUT2D eigenvalue weighted by Gasteiger charge is -2.26. The van der Waals surface area contributed by atoms with Crippen LogP contribution in [0.4, 0.5) is 0 Å². The van der Waals surface area contributed by atoms with E-state index in [-0.39, 0.29) is 24.0 Å². The summed E-state index contributed by atoms with van der Waals surface area (Å²) in [5, 5.41) is 11.2. The number of rotatable bonds is 8. The van der Waals surface area contributed by atoms with Crippen LogP contribution in [-0.2, 0) is 14.3 Å². The first kappa shape index (κ1) is 23.5. The number of ketones is 1. The molecular formula is C26H31NO5. The molecule has 0 saturated carbocycles. The second kappa shape index (κ2) is 10.0. The summed E-state index contributed by atoms with van der Waals surface area (Å²) in [6.07, 6.45) is 0.00387. The smallest absolute Gasteiger partial charge is 0.295 e. The number of Topliss-reactive ketones (excluding diaryl/α,β-unsaturated/α-hetero) is 1. The van der Waals surface area contributed by atoms with Gasteiger partial charge < -0.3 is 19.5 Å². The highest BCUT2D eigenvalue weighted by Crippen LogP contribution is 2.41. The Balaban J connectivity index is 2.12. The Morgan fingerprint density at radius 3 is 2.28 bits per heavy atom. The lowest BCUT2D eigenvalue weighted by molar-refractivity contribution is -0.140. The molecule has 0 radical (unpaired) electrons. The minimum Gasteiger partial charge on any atom is -0.507 e. The Morgan fingerprint density at radius 2 is 1.69 bits per heavy atom. The second-order valence-electron chi connectivity index (χ2n) is 8.43. The summed E-state index contributed by atoms with van der Waals surface area (Å²) in [5.41, 5.74) is 2.34. The van der Waals surface area contributed by atoms with Crippen molar-refractivity contribution in [3.63, 3.8) is 0 Å². The Bertz CT molecular complexity index is 1010. The fourth-order valence-corrected chi connectivity index (χ4v) is 3.89. The molecule has 0 aromatic heterocycles. The number of aliphatic hydroxyl groups is 1. The first-order valence-electron chi connectivity index (χ1n) is 10.9. The van der Waals surface area contributed by atoms with Gasteiger partial charge >= 0.3 is 0 Å². The van der Waals surface area contributed by atoms with Crippen LogP contribution in [-0.4, -0.2) is 48.1 Å². The number of aliphatic hydroxyl groups excluding tert-OH is 1. The topological polar surface area (TPSA) is 76.1 Å². The van der Waals surface area contributed by atoms with Crippen molar-refractivity contribution in [1.29, 1.82) is 0 Å². The van der Waals surface area contributed by atoms with E-state index in [9.17, 15) is 14.7 Å². The van der Waals surface area contributed by atoms with E-state index in [2.05, 4.69) is 13.8 Å². The maximum atomic E-state index is 13.1. The van der Waals surface area contributed by atoms with Crippen molar-refractivity contribution in [3.05, 3.63) is 70.8 Å². The number of hydrogen-bond acceptors (Lipinski definition) is 5. The van der Waals surface area contributed by atoms with Crippen LogP contribution in [0.25, 0.3) is 5.76 Å². The predicted octanol–water partition coefficient (Wildman–Crippen LogP) is 4.67. The fourth-order valence-electron chi connectivity index (χ4n) is 3.89. The molecule has 0 spiro atoms. The van der Waals surface area contributed by atoms with Crippen LogP contribution in [0.3, 0.4) is 0 Å². The van der Waals surface area contributed by atoms with Crippen molar-refractivity contribution in [1.82, 2.24) is 4.90 Å². The number of carbonyl (C=O) groups excluding carboxylic acids is 2. The molecule has 0 bridgehead atoms. The summed E-state index contributed by atoms with van der Waals surface area (Å²) in [6, 6.07) is 14.0. The number of benzene rings is 2. The molecule has 170 valence electrons. The minimum absolute atomic E-state index is 0.00387. The van der Waals surface area contributed by atoms with Crippen molar-refractivity contribution in [2.75, 3.05) is 20.3 Å².